The second-order valence-electron chi connectivity index (χ2n) is 3.65. The summed E-state index contributed by atoms with van der Waals surface area (Å²) in [7, 11) is 0. The van der Waals surface area contributed by atoms with E-state index in [1.165, 1.54) is 5.57 Å². The van der Waals surface area contributed by atoms with Gasteiger partial charge >= 0.3 is 5.97 Å². The Morgan fingerprint density at radius 1 is 1.67 bits per heavy atom. The van der Waals surface area contributed by atoms with Gasteiger partial charge in [0.15, 0.2) is 0 Å². The van der Waals surface area contributed by atoms with Crippen molar-refractivity contribution in [3.05, 3.63) is 11.6 Å². The molecule has 0 amide bonds. The first kappa shape index (κ1) is 7.84. The summed E-state index contributed by atoms with van der Waals surface area (Å²) in [4.78, 5) is 11.2. The molecule has 2 heteroatoms. The van der Waals surface area contributed by atoms with Gasteiger partial charge in [0.25, 0.3) is 0 Å². The van der Waals surface area contributed by atoms with Crippen molar-refractivity contribution in [1.82, 2.24) is 0 Å². The van der Waals surface area contributed by atoms with E-state index in [-0.39, 0.29) is 11.9 Å². The Kier molecular flexibility index (Phi) is 1.91. The number of carbonyl (C=O) groups is 1. The summed E-state index contributed by atoms with van der Waals surface area (Å²) in [5.74, 6) is 0.684. The number of hydrogen-bond acceptors (Lipinski definition) is 2. The quantitative estimate of drug-likeness (QED) is 0.439. The molecule has 12 heavy (non-hydrogen) atoms. The molecule has 1 aliphatic heterocycles. The van der Waals surface area contributed by atoms with E-state index in [1.54, 1.807) is 0 Å². The average Bonchev–Trinajstić information content (AvgIpc) is 2.47. The zero-order chi connectivity index (χ0) is 8.55. The molecule has 0 radical (unpaired) electrons. The molecule has 0 aromatic carbocycles. The molecule has 2 atom stereocenters. The third-order valence-electron chi connectivity index (χ3n) is 2.95. The Hall–Kier alpha value is -0.790. The first-order valence-corrected chi connectivity index (χ1v) is 4.65. The van der Waals surface area contributed by atoms with Gasteiger partial charge in [-0.05, 0) is 19.3 Å². The van der Waals surface area contributed by atoms with Gasteiger partial charge in [-0.15, -0.1) is 0 Å². The summed E-state index contributed by atoms with van der Waals surface area (Å²) in [6.45, 7) is 2.82. The summed E-state index contributed by atoms with van der Waals surface area (Å²) in [6, 6.07) is 0. The summed E-state index contributed by atoms with van der Waals surface area (Å²) in [5.41, 5.74) is 1.49. The van der Waals surface area contributed by atoms with Gasteiger partial charge in [-0.25, -0.2) is 0 Å². The van der Waals surface area contributed by atoms with Crippen molar-refractivity contribution in [2.45, 2.75) is 26.2 Å². The Bertz CT molecular complexity index is 230. The molecular weight excluding hydrogens is 152 g/mol. The van der Waals surface area contributed by atoms with Crippen LogP contribution in [0.15, 0.2) is 11.6 Å². The SMILES string of the molecule is CCC1=CCC2C(=O)OCC2C1. The lowest BCUT2D eigenvalue weighted by molar-refractivity contribution is -0.141. The molecule has 0 N–H and O–H groups in total. The summed E-state index contributed by atoms with van der Waals surface area (Å²) in [6.07, 6.45) is 5.32. The number of cyclic esters (lactones) is 1. The van der Waals surface area contributed by atoms with Crippen LogP contribution in [-0.2, 0) is 9.53 Å². The second-order valence-corrected chi connectivity index (χ2v) is 3.65. The molecule has 0 aromatic rings. The highest BCUT2D eigenvalue weighted by atomic mass is 16.5. The van der Waals surface area contributed by atoms with Crippen LogP contribution < -0.4 is 0 Å². The lowest BCUT2D eigenvalue weighted by Crippen LogP contribution is -2.19. The Balaban J connectivity index is 2.11. The van der Waals surface area contributed by atoms with Crippen LogP contribution in [0.2, 0.25) is 0 Å². The highest BCUT2D eigenvalue weighted by Crippen LogP contribution is 2.35. The maximum absolute atomic E-state index is 11.2. The van der Waals surface area contributed by atoms with Crippen LogP contribution in [0.1, 0.15) is 26.2 Å². The van der Waals surface area contributed by atoms with Gasteiger partial charge in [-0.3, -0.25) is 4.79 Å². The van der Waals surface area contributed by atoms with Gasteiger partial charge < -0.3 is 4.74 Å². The van der Waals surface area contributed by atoms with Crippen LogP contribution in [0, 0.1) is 11.8 Å². The summed E-state index contributed by atoms with van der Waals surface area (Å²) in [5, 5.41) is 0. The molecule has 0 saturated carbocycles. The molecule has 2 rings (SSSR count). The van der Waals surface area contributed by atoms with Crippen LogP contribution in [-0.4, -0.2) is 12.6 Å². The lowest BCUT2D eigenvalue weighted by Gasteiger charge is -2.20. The van der Waals surface area contributed by atoms with E-state index in [1.807, 2.05) is 0 Å². The number of rotatable bonds is 1. The first-order valence-electron chi connectivity index (χ1n) is 4.65. The molecule has 2 aliphatic rings. The Labute approximate surface area is 72.6 Å². The van der Waals surface area contributed by atoms with Crippen molar-refractivity contribution in [3.63, 3.8) is 0 Å². The molecule has 1 heterocycles. The van der Waals surface area contributed by atoms with Crippen molar-refractivity contribution in [3.8, 4) is 0 Å². The molecule has 0 spiro atoms. The molecule has 0 bridgehead atoms. The fraction of sp³-hybridized carbons (Fsp3) is 0.700. The summed E-state index contributed by atoms with van der Waals surface area (Å²) < 4.78 is 5.02. The van der Waals surface area contributed by atoms with Crippen molar-refractivity contribution in [2.24, 2.45) is 11.8 Å². The van der Waals surface area contributed by atoms with Crippen LogP contribution in [0.3, 0.4) is 0 Å². The topological polar surface area (TPSA) is 26.3 Å². The smallest absolute Gasteiger partial charge is 0.309 e. The minimum Gasteiger partial charge on any atom is -0.465 e. The van der Waals surface area contributed by atoms with Crippen molar-refractivity contribution < 1.29 is 9.53 Å². The van der Waals surface area contributed by atoms with Gasteiger partial charge in [0.1, 0.15) is 0 Å². The minimum absolute atomic E-state index is 0.0198. The minimum atomic E-state index is 0.0198. The van der Waals surface area contributed by atoms with Crippen molar-refractivity contribution in [2.75, 3.05) is 6.61 Å². The normalized spacial score (nSPS) is 34.1. The van der Waals surface area contributed by atoms with Gasteiger partial charge in [0, 0.05) is 5.92 Å². The van der Waals surface area contributed by atoms with E-state index in [9.17, 15) is 4.79 Å². The van der Waals surface area contributed by atoms with E-state index in [0.717, 1.165) is 19.3 Å². The zero-order valence-corrected chi connectivity index (χ0v) is 7.38. The molecule has 66 valence electrons. The van der Waals surface area contributed by atoms with Crippen molar-refractivity contribution >= 4 is 5.97 Å². The third kappa shape index (κ3) is 1.15. The number of carbonyl (C=O) groups excluding carboxylic acids is 1. The predicted octanol–water partition coefficient (Wildman–Crippen LogP) is 1.91. The highest BCUT2D eigenvalue weighted by molar-refractivity contribution is 5.75. The van der Waals surface area contributed by atoms with Crippen LogP contribution in [0.4, 0.5) is 0 Å². The van der Waals surface area contributed by atoms with E-state index in [2.05, 4.69) is 13.0 Å². The summed E-state index contributed by atoms with van der Waals surface area (Å²) >= 11 is 0. The number of fused-ring (bicyclic) bond motifs is 1. The number of esters is 1. The maximum Gasteiger partial charge on any atom is 0.309 e. The Morgan fingerprint density at radius 3 is 3.25 bits per heavy atom. The molecule has 1 saturated heterocycles. The van der Waals surface area contributed by atoms with E-state index in [0.29, 0.717) is 12.5 Å². The van der Waals surface area contributed by atoms with Gasteiger partial charge in [0.05, 0.1) is 12.5 Å². The van der Waals surface area contributed by atoms with Gasteiger partial charge in [0.2, 0.25) is 0 Å². The third-order valence-corrected chi connectivity index (χ3v) is 2.95. The number of allylic oxidation sites excluding steroid dienone is 2. The molecule has 2 unspecified atom stereocenters. The first-order chi connectivity index (χ1) is 5.81. The lowest BCUT2D eigenvalue weighted by atomic mass is 9.81. The largest absolute Gasteiger partial charge is 0.465 e. The molecule has 0 aromatic heterocycles. The maximum atomic E-state index is 11.2. The van der Waals surface area contributed by atoms with Crippen molar-refractivity contribution in [1.29, 1.82) is 0 Å². The highest BCUT2D eigenvalue weighted by Gasteiger charge is 2.38. The fourth-order valence-electron chi connectivity index (χ4n) is 2.10. The predicted molar refractivity (Wildman–Crippen MR) is 45.5 cm³/mol. The zero-order valence-electron chi connectivity index (χ0n) is 7.38. The van der Waals surface area contributed by atoms with Gasteiger partial charge in [-0.2, -0.15) is 0 Å². The van der Waals surface area contributed by atoms with E-state index in [4.69, 9.17) is 4.74 Å². The van der Waals surface area contributed by atoms with E-state index < -0.39 is 0 Å². The molecule has 2 nitrogen and oxygen atoms in total. The number of ether oxygens (including phenoxy) is 1. The average molecular weight is 166 g/mol. The monoisotopic (exact) mass is 166 g/mol. The van der Waals surface area contributed by atoms with E-state index >= 15 is 0 Å². The second kappa shape index (κ2) is 2.92. The standard InChI is InChI=1S/C10H14O2/c1-2-7-3-4-9-8(5-7)6-12-10(9)11/h3,8-9H,2,4-6H2,1H3. The fourth-order valence-corrected chi connectivity index (χ4v) is 2.10. The van der Waals surface area contributed by atoms with Crippen LogP contribution in [0.25, 0.3) is 0 Å². The number of hydrogen-bond donors (Lipinski definition) is 0. The Morgan fingerprint density at radius 2 is 2.50 bits per heavy atom. The van der Waals surface area contributed by atoms with Crippen LogP contribution >= 0.6 is 0 Å². The van der Waals surface area contributed by atoms with Crippen LogP contribution in [0.5, 0.6) is 0 Å². The van der Waals surface area contributed by atoms with Gasteiger partial charge in [-0.1, -0.05) is 18.6 Å². The molecule has 1 aliphatic carbocycles. The molecule has 1 fully saturated rings. The molecular formula is C10H14O2.